The second-order valence-corrected chi connectivity index (χ2v) is 9.74. The Bertz CT molecular complexity index is 1330. The van der Waals surface area contributed by atoms with Gasteiger partial charge >= 0.3 is 0 Å². The SMILES string of the molecule is O=C(c1ccccn1)[C@H]1[C@@H](c2cccc([N+](=O)[O-])c2)[C@H]2CSCN2[C@@]12C(=O)Nc1ccccc12. The second kappa shape index (κ2) is 7.75. The largest absolute Gasteiger partial charge is 0.324 e. The van der Waals surface area contributed by atoms with Crippen molar-refractivity contribution < 1.29 is 14.5 Å². The number of thioether (sulfide) groups is 1. The van der Waals surface area contributed by atoms with E-state index in [1.807, 2.05) is 30.3 Å². The minimum atomic E-state index is -1.21. The molecule has 0 bridgehead atoms. The highest BCUT2D eigenvalue weighted by Crippen LogP contribution is 2.61. The van der Waals surface area contributed by atoms with Crippen LogP contribution in [0.2, 0.25) is 0 Å². The molecule has 6 rings (SSSR count). The van der Waals surface area contributed by atoms with Gasteiger partial charge in [0, 0.05) is 53.2 Å². The van der Waals surface area contributed by atoms with Crippen LogP contribution in [0.25, 0.3) is 0 Å². The van der Waals surface area contributed by atoms with Crippen molar-refractivity contribution in [2.45, 2.75) is 17.5 Å². The van der Waals surface area contributed by atoms with Gasteiger partial charge in [-0.2, -0.15) is 0 Å². The molecule has 2 saturated heterocycles. The van der Waals surface area contributed by atoms with Crippen molar-refractivity contribution in [2.24, 2.45) is 5.92 Å². The third-order valence-corrected chi connectivity index (χ3v) is 8.23. The van der Waals surface area contributed by atoms with Gasteiger partial charge < -0.3 is 5.32 Å². The number of rotatable bonds is 4. The Morgan fingerprint density at radius 2 is 1.97 bits per heavy atom. The first-order valence-corrected chi connectivity index (χ1v) is 12.1. The molecule has 3 aliphatic rings. The number of hydrogen-bond donors (Lipinski definition) is 1. The first-order valence-electron chi connectivity index (χ1n) is 11.0. The van der Waals surface area contributed by atoms with Crippen LogP contribution in [0.4, 0.5) is 11.4 Å². The number of non-ortho nitro benzene ring substituents is 1. The van der Waals surface area contributed by atoms with E-state index in [0.29, 0.717) is 17.1 Å². The minimum Gasteiger partial charge on any atom is -0.324 e. The molecule has 4 heterocycles. The van der Waals surface area contributed by atoms with Crippen molar-refractivity contribution in [1.82, 2.24) is 9.88 Å². The molecule has 34 heavy (non-hydrogen) atoms. The van der Waals surface area contributed by atoms with Gasteiger partial charge in [-0.15, -0.1) is 11.8 Å². The molecule has 1 spiro atoms. The van der Waals surface area contributed by atoms with E-state index in [1.54, 1.807) is 48.3 Å². The number of carbonyl (C=O) groups is 2. The third-order valence-electron chi connectivity index (χ3n) is 7.19. The fraction of sp³-hybridized carbons (Fsp3) is 0.240. The fourth-order valence-corrected chi connectivity index (χ4v) is 7.24. The summed E-state index contributed by atoms with van der Waals surface area (Å²) in [6.45, 7) is 0. The van der Waals surface area contributed by atoms with E-state index in [1.165, 1.54) is 6.07 Å². The number of carbonyl (C=O) groups excluding carboxylic acids is 2. The maximum atomic E-state index is 14.2. The first kappa shape index (κ1) is 21.0. The number of aromatic nitrogens is 1. The number of nitro benzene ring substituents is 1. The topological polar surface area (TPSA) is 105 Å². The number of ketones is 1. The molecule has 0 radical (unpaired) electrons. The summed E-state index contributed by atoms with van der Waals surface area (Å²) in [6, 6.07) is 19.0. The Morgan fingerprint density at radius 3 is 2.76 bits per heavy atom. The molecule has 1 aromatic heterocycles. The van der Waals surface area contributed by atoms with Crippen LogP contribution in [0.5, 0.6) is 0 Å². The van der Waals surface area contributed by atoms with Crippen LogP contribution in [0, 0.1) is 16.0 Å². The number of para-hydroxylation sites is 1. The summed E-state index contributed by atoms with van der Waals surface area (Å²) in [5.74, 6) is -0.368. The van der Waals surface area contributed by atoms with Gasteiger partial charge in [-0.3, -0.25) is 29.6 Å². The van der Waals surface area contributed by atoms with Gasteiger partial charge in [0.25, 0.3) is 5.69 Å². The Balaban J connectivity index is 1.62. The number of amides is 1. The molecule has 2 fully saturated rings. The van der Waals surface area contributed by atoms with E-state index < -0.39 is 22.3 Å². The smallest absolute Gasteiger partial charge is 0.269 e. The second-order valence-electron chi connectivity index (χ2n) is 8.74. The highest BCUT2D eigenvalue weighted by Gasteiger charge is 2.69. The number of benzene rings is 2. The lowest BCUT2D eigenvalue weighted by molar-refractivity contribution is -0.384. The number of anilines is 1. The summed E-state index contributed by atoms with van der Waals surface area (Å²) in [4.78, 5) is 45.6. The minimum absolute atomic E-state index is 0.0315. The molecule has 3 aromatic rings. The number of nitrogens with one attached hydrogen (secondary N) is 1. The van der Waals surface area contributed by atoms with E-state index in [0.717, 1.165) is 11.3 Å². The summed E-state index contributed by atoms with van der Waals surface area (Å²) < 4.78 is 0. The first-order chi connectivity index (χ1) is 16.5. The summed E-state index contributed by atoms with van der Waals surface area (Å²) in [5.41, 5.74) is 1.20. The Kier molecular flexibility index (Phi) is 4.79. The molecule has 1 N–H and O–H groups in total. The zero-order valence-electron chi connectivity index (χ0n) is 18.0. The van der Waals surface area contributed by atoms with Crippen molar-refractivity contribution in [2.75, 3.05) is 16.9 Å². The molecule has 3 aliphatic heterocycles. The molecule has 0 saturated carbocycles. The average molecular weight is 473 g/mol. The van der Waals surface area contributed by atoms with Crippen LogP contribution in [-0.4, -0.2) is 44.2 Å². The number of fused-ring (bicyclic) bond motifs is 4. The zero-order chi connectivity index (χ0) is 23.4. The Hall–Kier alpha value is -3.56. The molecular weight excluding hydrogens is 452 g/mol. The van der Waals surface area contributed by atoms with E-state index >= 15 is 0 Å². The number of nitrogens with zero attached hydrogens (tertiary/aromatic N) is 3. The van der Waals surface area contributed by atoms with Crippen LogP contribution in [0.15, 0.2) is 72.9 Å². The predicted molar refractivity (Wildman–Crippen MR) is 128 cm³/mol. The van der Waals surface area contributed by atoms with Gasteiger partial charge in [0.1, 0.15) is 11.2 Å². The number of Topliss-reactive ketones (excluding diaryl/α,β-unsaturated/α-hetero) is 1. The van der Waals surface area contributed by atoms with Gasteiger partial charge in [0.15, 0.2) is 5.78 Å². The van der Waals surface area contributed by atoms with E-state index in [2.05, 4.69) is 15.2 Å². The summed E-state index contributed by atoms with van der Waals surface area (Å²) in [6.07, 6.45) is 1.57. The number of hydrogen-bond acceptors (Lipinski definition) is 7. The van der Waals surface area contributed by atoms with Crippen LogP contribution >= 0.6 is 11.8 Å². The highest BCUT2D eigenvalue weighted by atomic mass is 32.2. The van der Waals surface area contributed by atoms with Gasteiger partial charge in [-0.1, -0.05) is 36.4 Å². The molecule has 0 aliphatic carbocycles. The van der Waals surface area contributed by atoms with Gasteiger partial charge in [-0.25, -0.2) is 0 Å². The quantitative estimate of drug-likeness (QED) is 0.350. The number of nitro groups is 1. The third kappa shape index (κ3) is 2.80. The van der Waals surface area contributed by atoms with Crippen LogP contribution < -0.4 is 5.32 Å². The molecule has 2 aromatic carbocycles. The number of pyridine rings is 1. The van der Waals surface area contributed by atoms with Crippen molar-refractivity contribution in [3.05, 3.63) is 99.9 Å². The zero-order valence-corrected chi connectivity index (χ0v) is 18.8. The van der Waals surface area contributed by atoms with E-state index in [-0.39, 0.29) is 29.1 Å². The van der Waals surface area contributed by atoms with Crippen molar-refractivity contribution in [3.63, 3.8) is 0 Å². The monoisotopic (exact) mass is 472 g/mol. The Labute approximate surface area is 199 Å². The Morgan fingerprint density at radius 1 is 1.15 bits per heavy atom. The van der Waals surface area contributed by atoms with E-state index in [4.69, 9.17) is 0 Å². The van der Waals surface area contributed by atoms with Gasteiger partial charge in [0.05, 0.1) is 10.8 Å². The molecule has 1 amide bonds. The summed E-state index contributed by atoms with van der Waals surface area (Å²) in [5, 5.41) is 14.6. The van der Waals surface area contributed by atoms with Crippen molar-refractivity contribution >= 4 is 34.8 Å². The standard InChI is InChI=1S/C25H20N4O4S/c30-23(19-10-3-4-11-26-19)22-21(15-6-5-7-16(12-15)29(32)33)20-13-34-14-28(20)25(22)17-8-1-2-9-18(17)27-24(25)31/h1-12,20-22H,13-14H2,(H,27,31)/t20-,21+,22-,25-/m1/s1. The predicted octanol–water partition coefficient (Wildman–Crippen LogP) is 3.81. The fourth-order valence-electron chi connectivity index (χ4n) is 5.92. The molecule has 170 valence electrons. The maximum absolute atomic E-state index is 14.2. The lowest BCUT2D eigenvalue weighted by atomic mass is 9.70. The molecule has 8 nitrogen and oxygen atoms in total. The molecular formula is C25H20N4O4S. The molecule has 0 unspecified atom stereocenters. The summed E-state index contributed by atoms with van der Waals surface area (Å²) >= 11 is 1.71. The lowest BCUT2D eigenvalue weighted by Crippen LogP contribution is -2.52. The van der Waals surface area contributed by atoms with Crippen molar-refractivity contribution in [1.29, 1.82) is 0 Å². The van der Waals surface area contributed by atoms with Gasteiger partial charge in [-0.05, 0) is 23.8 Å². The van der Waals surface area contributed by atoms with Gasteiger partial charge in [0.2, 0.25) is 5.91 Å². The maximum Gasteiger partial charge on any atom is 0.269 e. The molecule has 4 atom stereocenters. The average Bonchev–Trinajstić information content (AvgIpc) is 3.52. The van der Waals surface area contributed by atoms with Crippen molar-refractivity contribution in [3.8, 4) is 0 Å². The van der Waals surface area contributed by atoms with E-state index in [9.17, 15) is 19.7 Å². The summed E-state index contributed by atoms with van der Waals surface area (Å²) in [7, 11) is 0. The highest BCUT2D eigenvalue weighted by molar-refractivity contribution is 7.99. The van der Waals surface area contributed by atoms with Crippen LogP contribution in [-0.2, 0) is 10.3 Å². The van der Waals surface area contributed by atoms with Crippen LogP contribution in [0.3, 0.4) is 0 Å². The lowest BCUT2D eigenvalue weighted by Gasteiger charge is -2.36. The normalized spacial score (nSPS) is 27.4. The molecule has 9 heteroatoms. The van der Waals surface area contributed by atoms with Crippen LogP contribution in [0.1, 0.15) is 27.5 Å².